The zero-order valence-electron chi connectivity index (χ0n) is 41.3. The van der Waals surface area contributed by atoms with E-state index in [9.17, 15) is 55.5 Å². The number of rotatable bonds is 13. The Morgan fingerprint density at radius 1 is 0.957 bits per heavy atom. The van der Waals surface area contributed by atoms with Crippen LogP contribution in [0, 0.1) is 67.5 Å². The second-order valence-corrected chi connectivity index (χ2v) is 24.7. The number of fused-ring (bicyclic) bond motifs is 7. The Morgan fingerprint density at radius 3 is 2.32 bits per heavy atom. The first-order chi connectivity index (χ1) is 32.6. The highest BCUT2D eigenvalue weighted by atomic mass is 16.7. The molecule has 2 aliphatic heterocycles. The number of hydrogen-bond acceptors (Lipinski definition) is 14. The highest BCUT2D eigenvalue weighted by molar-refractivity contribution is 5.86. The van der Waals surface area contributed by atoms with Crippen LogP contribution in [-0.4, -0.2) is 149 Å². The molecule has 5 saturated carbocycles. The third kappa shape index (κ3) is 7.26. The molecule has 1 amide bonds. The molecule has 6 aliphatic carbocycles. The van der Waals surface area contributed by atoms with Crippen molar-refractivity contribution in [3.8, 4) is 0 Å². The Bertz CT molecular complexity index is 2090. The van der Waals surface area contributed by atoms with Crippen LogP contribution in [0.15, 0.2) is 24.2 Å². The number of ether oxygens (including phenoxy) is 2. The number of carboxylic acids is 1. The van der Waals surface area contributed by atoms with Crippen LogP contribution in [0.3, 0.4) is 0 Å². The number of imidazole rings is 1. The topological polar surface area (TPSA) is 301 Å². The van der Waals surface area contributed by atoms with Crippen molar-refractivity contribution in [1.82, 2.24) is 15.3 Å². The van der Waals surface area contributed by atoms with E-state index in [1.807, 2.05) is 13.8 Å². The van der Waals surface area contributed by atoms with Gasteiger partial charge in [0.2, 0.25) is 5.91 Å². The molecule has 17 heteroatoms. The molecule has 9 rings (SSSR count). The summed E-state index contributed by atoms with van der Waals surface area (Å²) in [4.78, 5) is 36.1. The minimum absolute atomic E-state index is 0.00113. The quantitative estimate of drug-likeness (QED) is 0.0999. The maximum absolute atomic E-state index is 14.8. The van der Waals surface area contributed by atoms with Gasteiger partial charge in [-0.25, -0.2) is 4.98 Å². The molecule has 21 unspecified atom stereocenters. The number of carbonyl (C=O) groups is 2. The van der Waals surface area contributed by atoms with Crippen LogP contribution in [0.2, 0.25) is 0 Å². The van der Waals surface area contributed by atoms with Gasteiger partial charge in [0, 0.05) is 35.9 Å². The molecule has 388 valence electrons. The lowest BCUT2D eigenvalue weighted by molar-refractivity contribution is -0.348. The summed E-state index contributed by atoms with van der Waals surface area (Å²) < 4.78 is 12.6. The van der Waals surface area contributed by atoms with Gasteiger partial charge in [-0.05, 0) is 135 Å². The number of hydrogen-bond donors (Lipinski definition) is 12. The van der Waals surface area contributed by atoms with Crippen molar-refractivity contribution in [2.24, 2.45) is 73.2 Å². The number of carbonyl (C=O) groups excluding carboxylic acids is 1. The third-order valence-corrected chi connectivity index (χ3v) is 22.0. The molecule has 21 atom stereocenters. The van der Waals surface area contributed by atoms with Crippen LogP contribution in [0.4, 0.5) is 0 Å². The van der Waals surface area contributed by atoms with Crippen molar-refractivity contribution in [2.75, 3.05) is 26.4 Å². The fraction of sp³-hybridized carbons (Fsp3) is 0.865. The molecule has 13 N–H and O–H groups in total. The molecule has 1 aromatic rings. The number of aliphatic hydroxyl groups is 8. The van der Waals surface area contributed by atoms with E-state index >= 15 is 0 Å². The van der Waals surface area contributed by atoms with Gasteiger partial charge in [0.05, 0.1) is 49.4 Å². The molecule has 1 aromatic heterocycles. The SMILES string of the molecule is CC1(CO)CC(O)C2(C(=O)O)CCC3(C)C(=CCC4C5(C)C(CC6C(C(CCCN)c7cnc[nH]7)NC(=O)C67CCCC7)C(O)C(OC6OCC(O)C(O)C6O)C(C)(C(O)CO)C5CCC43C)C2C1. The maximum atomic E-state index is 14.8. The normalized spacial score (nSPS) is 48.9. The second kappa shape index (κ2) is 18.1. The Labute approximate surface area is 406 Å². The Morgan fingerprint density at radius 2 is 1.68 bits per heavy atom. The molecular weight excluding hydrogens is 889 g/mol. The lowest BCUT2D eigenvalue weighted by Crippen LogP contribution is -2.74. The molecule has 7 fully saturated rings. The first kappa shape index (κ1) is 51.4. The van der Waals surface area contributed by atoms with Crippen LogP contribution in [0.5, 0.6) is 0 Å². The van der Waals surface area contributed by atoms with E-state index in [0.717, 1.165) is 24.1 Å². The molecule has 2 saturated heterocycles. The Hall–Kier alpha value is -2.55. The van der Waals surface area contributed by atoms with Gasteiger partial charge in [0.25, 0.3) is 0 Å². The molecule has 1 spiro atoms. The van der Waals surface area contributed by atoms with Gasteiger partial charge < -0.3 is 71.5 Å². The molecule has 17 nitrogen and oxygen atoms in total. The van der Waals surface area contributed by atoms with Crippen LogP contribution in [-0.2, 0) is 19.1 Å². The standard InChI is InChI=1S/C52H82N4O13/c1-46(25-58)20-31-28-10-11-34-48(3,47(28,2)16-17-52(31,45(66)67)36(60)21-46)15-12-35-49(34,4)30(39(62)42(50(35,5)37(61)23-57)69-43-41(64)40(63)33(59)24-68-43)19-29-38(56-44(65)51(29)13-6-7-14-51)27(9-8-18-53)32-22-54-26-55-32/h10,22,26-27,29-31,33-43,57-64H,6-9,11-21,23-25,53H2,1-5H3,(H,54,55)(H,56,65)(H,66,67). The summed E-state index contributed by atoms with van der Waals surface area (Å²) in [6, 6.07) is -0.362. The molecule has 69 heavy (non-hydrogen) atoms. The molecule has 8 aliphatic rings. The van der Waals surface area contributed by atoms with Crippen molar-refractivity contribution in [1.29, 1.82) is 0 Å². The summed E-state index contributed by atoms with van der Waals surface area (Å²) in [6.45, 7) is 9.78. The van der Waals surface area contributed by atoms with Crippen LogP contribution < -0.4 is 11.1 Å². The van der Waals surface area contributed by atoms with E-state index in [1.54, 1.807) is 12.5 Å². The summed E-state index contributed by atoms with van der Waals surface area (Å²) in [5.74, 6) is -3.30. The zero-order valence-corrected chi connectivity index (χ0v) is 41.3. The molecule has 3 heterocycles. The predicted molar refractivity (Wildman–Crippen MR) is 250 cm³/mol. The number of aliphatic carboxylic acids is 1. The zero-order chi connectivity index (χ0) is 49.9. The van der Waals surface area contributed by atoms with Gasteiger partial charge in [-0.2, -0.15) is 0 Å². The lowest BCUT2D eigenvalue weighted by Gasteiger charge is -2.74. The van der Waals surface area contributed by atoms with Crippen molar-refractivity contribution >= 4 is 11.9 Å². The second-order valence-electron chi connectivity index (χ2n) is 24.7. The van der Waals surface area contributed by atoms with Crippen LogP contribution in [0.25, 0.3) is 0 Å². The number of carboxylic acid groups (broad SMARTS) is 1. The summed E-state index contributed by atoms with van der Waals surface area (Å²) in [6.07, 6.45) is 2.03. The van der Waals surface area contributed by atoms with Gasteiger partial charge in [0.15, 0.2) is 6.29 Å². The molecule has 0 bridgehead atoms. The number of amides is 1. The van der Waals surface area contributed by atoms with Gasteiger partial charge in [-0.1, -0.05) is 59.1 Å². The Kier molecular flexibility index (Phi) is 13.5. The summed E-state index contributed by atoms with van der Waals surface area (Å²) in [7, 11) is 0. The number of allylic oxidation sites excluding steroid dienone is 2. The summed E-state index contributed by atoms with van der Waals surface area (Å²) >= 11 is 0. The number of nitrogens with zero attached hydrogens (tertiary/aromatic N) is 1. The number of aliphatic hydroxyl groups excluding tert-OH is 8. The minimum atomic E-state index is -1.70. The van der Waals surface area contributed by atoms with E-state index in [1.165, 1.54) is 0 Å². The average molecular weight is 971 g/mol. The van der Waals surface area contributed by atoms with Gasteiger partial charge in [0.1, 0.15) is 23.7 Å². The van der Waals surface area contributed by atoms with E-state index in [2.05, 4.69) is 42.1 Å². The van der Waals surface area contributed by atoms with Crippen LogP contribution >= 0.6 is 0 Å². The minimum Gasteiger partial charge on any atom is -0.481 e. The fourth-order valence-corrected chi connectivity index (χ4v) is 17.9. The lowest BCUT2D eigenvalue weighted by atomic mass is 9.31. The van der Waals surface area contributed by atoms with Crippen molar-refractivity contribution in [3.05, 3.63) is 29.9 Å². The number of H-pyrrole nitrogens is 1. The number of aromatic amines is 1. The number of nitrogens with two attached hydrogens (primary N) is 1. The average Bonchev–Trinajstić information content (AvgIpc) is 4.09. The Balaban J connectivity index is 1.22. The van der Waals surface area contributed by atoms with E-state index in [-0.39, 0.29) is 55.8 Å². The predicted octanol–water partition coefficient (Wildman–Crippen LogP) is 2.48. The smallest absolute Gasteiger partial charge is 0.312 e. The monoisotopic (exact) mass is 971 g/mol. The fourth-order valence-electron chi connectivity index (χ4n) is 17.9. The third-order valence-electron chi connectivity index (χ3n) is 22.0. The molecular formula is C52H82N4O13. The summed E-state index contributed by atoms with van der Waals surface area (Å²) in [5.41, 5.74) is 1.84. The maximum Gasteiger partial charge on any atom is 0.312 e. The number of aromatic nitrogens is 2. The first-order valence-corrected chi connectivity index (χ1v) is 26.1. The van der Waals surface area contributed by atoms with Gasteiger partial charge in [-0.3, -0.25) is 9.59 Å². The van der Waals surface area contributed by atoms with E-state index in [0.29, 0.717) is 70.8 Å². The highest BCUT2D eigenvalue weighted by Crippen LogP contribution is 2.78. The van der Waals surface area contributed by atoms with E-state index in [4.69, 9.17) is 15.2 Å². The first-order valence-electron chi connectivity index (χ1n) is 26.1. The van der Waals surface area contributed by atoms with Gasteiger partial charge in [-0.15, -0.1) is 0 Å². The van der Waals surface area contributed by atoms with Gasteiger partial charge >= 0.3 is 5.97 Å². The molecule has 0 aromatic carbocycles. The highest BCUT2D eigenvalue weighted by Gasteiger charge is 2.75. The van der Waals surface area contributed by atoms with E-state index < -0.39 is 117 Å². The number of nitrogens with one attached hydrogen (secondary N) is 2. The van der Waals surface area contributed by atoms with Crippen LogP contribution in [0.1, 0.15) is 136 Å². The van der Waals surface area contributed by atoms with Crippen molar-refractivity contribution in [3.63, 3.8) is 0 Å². The van der Waals surface area contributed by atoms with Crippen molar-refractivity contribution < 1.29 is 65.0 Å². The van der Waals surface area contributed by atoms with Crippen molar-refractivity contribution in [2.45, 2.75) is 185 Å². The largest absolute Gasteiger partial charge is 0.481 e. The summed E-state index contributed by atoms with van der Waals surface area (Å²) in [5, 5.41) is 107. The molecule has 0 radical (unpaired) electrons.